The fraction of sp³-hybridized carbons (Fsp3) is 0.588. The van der Waals surface area contributed by atoms with Gasteiger partial charge < -0.3 is 20.3 Å². The molecular weight excluding hydrogens is 403 g/mol. The molecular formula is C17H29IN4O. The predicted molar refractivity (Wildman–Crippen MR) is 108 cm³/mol. The summed E-state index contributed by atoms with van der Waals surface area (Å²) in [6, 6.07) is 8.62. The number of hydrogen-bond donors (Lipinski definition) is 2. The highest BCUT2D eigenvalue weighted by Crippen LogP contribution is 2.30. The Bertz CT molecular complexity index is 495. The number of rotatable bonds is 6. The van der Waals surface area contributed by atoms with Crippen molar-refractivity contribution in [3.63, 3.8) is 0 Å². The summed E-state index contributed by atoms with van der Waals surface area (Å²) < 4.78 is 5.46. The molecule has 0 bridgehead atoms. The third-order valence-corrected chi connectivity index (χ3v) is 4.00. The number of hydrogen-bond acceptors (Lipinski definition) is 3. The number of benzene rings is 1. The van der Waals surface area contributed by atoms with Crippen LogP contribution in [0.5, 0.6) is 5.75 Å². The van der Waals surface area contributed by atoms with E-state index in [2.05, 4.69) is 39.6 Å². The Morgan fingerprint density at radius 3 is 2.87 bits per heavy atom. The average molecular weight is 432 g/mol. The van der Waals surface area contributed by atoms with Gasteiger partial charge in [0.2, 0.25) is 0 Å². The molecule has 1 heterocycles. The predicted octanol–water partition coefficient (Wildman–Crippen LogP) is 2.86. The summed E-state index contributed by atoms with van der Waals surface area (Å²) in [6.45, 7) is 5.16. The number of nitrogens with one attached hydrogen (secondary N) is 2. The van der Waals surface area contributed by atoms with Crippen molar-refractivity contribution in [2.45, 2.75) is 32.2 Å². The Labute approximate surface area is 156 Å². The smallest absolute Gasteiger partial charge is 0.191 e. The van der Waals surface area contributed by atoms with Crippen LogP contribution in [-0.2, 0) is 0 Å². The summed E-state index contributed by atoms with van der Waals surface area (Å²) in [5.41, 5.74) is 1.17. The van der Waals surface area contributed by atoms with Crippen LogP contribution in [0.4, 0.5) is 5.69 Å². The van der Waals surface area contributed by atoms with E-state index in [9.17, 15) is 0 Å². The molecule has 0 aliphatic carbocycles. The maximum atomic E-state index is 5.46. The lowest BCUT2D eigenvalue weighted by Crippen LogP contribution is -2.44. The van der Waals surface area contributed by atoms with Crippen LogP contribution < -0.4 is 20.3 Å². The Morgan fingerprint density at radius 1 is 1.39 bits per heavy atom. The molecule has 0 radical (unpaired) electrons. The highest BCUT2D eigenvalue weighted by atomic mass is 127. The van der Waals surface area contributed by atoms with Crippen molar-refractivity contribution in [2.75, 3.05) is 38.7 Å². The highest BCUT2D eigenvalue weighted by molar-refractivity contribution is 14.0. The topological polar surface area (TPSA) is 48.9 Å². The molecule has 1 atom stereocenters. The number of methoxy groups -OCH3 is 1. The van der Waals surface area contributed by atoms with Gasteiger partial charge in [-0.05, 0) is 25.0 Å². The van der Waals surface area contributed by atoms with Gasteiger partial charge in [0, 0.05) is 32.7 Å². The minimum atomic E-state index is 0. The zero-order valence-corrected chi connectivity index (χ0v) is 16.7. The summed E-state index contributed by atoms with van der Waals surface area (Å²) in [5, 5.41) is 6.89. The van der Waals surface area contributed by atoms with Gasteiger partial charge in [-0.1, -0.05) is 25.5 Å². The minimum Gasteiger partial charge on any atom is -0.495 e. The van der Waals surface area contributed by atoms with Gasteiger partial charge in [0.05, 0.1) is 12.8 Å². The second-order valence-electron chi connectivity index (χ2n) is 5.60. The van der Waals surface area contributed by atoms with E-state index >= 15 is 0 Å². The SMILES string of the molecule is CCCCNC(=NC)NC1CCN(c2ccccc2OC)C1.I. The third-order valence-electron chi connectivity index (χ3n) is 4.00. The molecule has 2 rings (SSSR count). The molecule has 5 nitrogen and oxygen atoms in total. The Hall–Kier alpha value is -1.18. The summed E-state index contributed by atoms with van der Waals surface area (Å²) >= 11 is 0. The molecule has 1 aromatic carbocycles. The maximum Gasteiger partial charge on any atom is 0.191 e. The van der Waals surface area contributed by atoms with Crippen LogP contribution in [0.15, 0.2) is 29.3 Å². The van der Waals surface area contributed by atoms with Crippen molar-refractivity contribution in [2.24, 2.45) is 4.99 Å². The molecule has 1 fully saturated rings. The Morgan fingerprint density at radius 2 is 2.17 bits per heavy atom. The van der Waals surface area contributed by atoms with Crippen LogP contribution in [0.2, 0.25) is 0 Å². The van der Waals surface area contributed by atoms with Crippen LogP contribution in [0.25, 0.3) is 0 Å². The Kier molecular flexibility index (Phi) is 9.13. The van der Waals surface area contributed by atoms with Gasteiger partial charge in [0.1, 0.15) is 5.75 Å². The van der Waals surface area contributed by atoms with Gasteiger partial charge in [-0.15, -0.1) is 24.0 Å². The van der Waals surface area contributed by atoms with E-state index in [1.165, 1.54) is 18.5 Å². The summed E-state index contributed by atoms with van der Waals surface area (Å²) in [6.07, 6.45) is 3.46. The lowest BCUT2D eigenvalue weighted by molar-refractivity contribution is 0.415. The molecule has 1 saturated heterocycles. The van der Waals surface area contributed by atoms with Crippen molar-refractivity contribution in [3.8, 4) is 5.75 Å². The van der Waals surface area contributed by atoms with Crippen molar-refractivity contribution < 1.29 is 4.74 Å². The van der Waals surface area contributed by atoms with E-state index in [-0.39, 0.29) is 24.0 Å². The zero-order chi connectivity index (χ0) is 15.8. The normalized spacial score (nSPS) is 17.6. The molecule has 0 saturated carbocycles. The van der Waals surface area contributed by atoms with E-state index in [0.717, 1.165) is 37.8 Å². The van der Waals surface area contributed by atoms with Crippen LogP contribution in [-0.4, -0.2) is 45.8 Å². The molecule has 2 N–H and O–H groups in total. The molecule has 1 aromatic rings. The molecule has 23 heavy (non-hydrogen) atoms. The Balaban J connectivity index is 0.00000264. The lowest BCUT2D eigenvalue weighted by atomic mass is 10.2. The molecule has 0 amide bonds. The third kappa shape index (κ3) is 5.75. The number of halogens is 1. The fourth-order valence-electron chi connectivity index (χ4n) is 2.76. The van der Waals surface area contributed by atoms with E-state index in [0.29, 0.717) is 6.04 Å². The first-order chi connectivity index (χ1) is 10.8. The molecule has 0 aromatic heterocycles. The highest BCUT2D eigenvalue weighted by Gasteiger charge is 2.25. The maximum absolute atomic E-state index is 5.46. The van der Waals surface area contributed by atoms with Gasteiger partial charge in [0.15, 0.2) is 5.96 Å². The number of nitrogens with zero attached hydrogens (tertiary/aromatic N) is 2. The van der Waals surface area contributed by atoms with Crippen LogP contribution in [0, 0.1) is 0 Å². The number of para-hydroxylation sites is 2. The number of aliphatic imine (C=N–C) groups is 1. The molecule has 1 unspecified atom stereocenters. The zero-order valence-electron chi connectivity index (χ0n) is 14.3. The van der Waals surface area contributed by atoms with Crippen LogP contribution in [0.1, 0.15) is 26.2 Å². The fourth-order valence-corrected chi connectivity index (χ4v) is 2.76. The van der Waals surface area contributed by atoms with Crippen molar-refractivity contribution in [1.29, 1.82) is 0 Å². The second-order valence-corrected chi connectivity index (χ2v) is 5.60. The average Bonchev–Trinajstić information content (AvgIpc) is 3.02. The number of unbranched alkanes of at least 4 members (excludes halogenated alkanes) is 1. The molecule has 1 aliphatic rings. The second kappa shape index (κ2) is 10.6. The van der Waals surface area contributed by atoms with Crippen molar-refractivity contribution in [3.05, 3.63) is 24.3 Å². The van der Waals surface area contributed by atoms with Gasteiger partial charge >= 0.3 is 0 Å². The van der Waals surface area contributed by atoms with E-state index in [1.54, 1.807) is 7.11 Å². The molecule has 130 valence electrons. The van der Waals surface area contributed by atoms with Crippen LogP contribution in [0.3, 0.4) is 0 Å². The van der Waals surface area contributed by atoms with Crippen molar-refractivity contribution in [1.82, 2.24) is 10.6 Å². The van der Waals surface area contributed by atoms with Crippen LogP contribution >= 0.6 is 24.0 Å². The first-order valence-electron chi connectivity index (χ1n) is 8.13. The van der Waals surface area contributed by atoms with Gasteiger partial charge in [0.25, 0.3) is 0 Å². The number of anilines is 1. The summed E-state index contributed by atoms with van der Waals surface area (Å²) in [7, 11) is 3.55. The van der Waals surface area contributed by atoms with E-state index in [1.807, 2.05) is 19.2 Å². The molecule has 1 aliphatic heterocycles. The number of guanidine groups is 1. The van der Waals surface area contributed by atoms with Gasteiger partial charge in [-0.2, -0.15) is 0 Å². The summed E-state index contributed by atoms with van der Waals surface area (Å²) in [5.74, 6) is 1.84. The molecule has 0 spiro atoms. The van der Waals surface area contributed by atoms with Gasteiger partial charge in [-0.25, -0.2) is 0 Å². The van der Waals surface area contributed by atoms with E-state index in [4.69, 9.17) is 4.74 Å². The van der Waals surface area contributed by atoms with Crippen molar-refractivity contribution >= 4 is 35.6 Å². The summed E-state index contributed by atoms with van der Waals surface area (Å²) in [4.78, 5) is 6.68. The first-order valence-corrected chi connectivity index (χ1v) is 8.13. The lowest BCUT2D eigenvalue weighted by Gasteiger charge is -2.22. The standard InChI is InChI=1S/C17H28N4O.HI/c1-4-5-11-19-17(18-2)20-14-10-12-21(13-14)15-8-6-7-9-16(15)22-3;/h6-9,14H,4-5,10-13H2,1-3H3,(H2,18,19,20);1H. The largest absolute Gasteiger partial charge is 0.495 e. The van der Waals surface area contributed by atoms with E-state index < -0.39 is 0 Å². The minimum absolute atomic E-state index is 0. The quantitative estimate of drug-likeness (QED) is 0.314. The monoisotopic (exact) mass is 432 g/mol. The molecule has 6 heteroatoms. The first kappa shape index (κ1) is 19.9. The number of ether oxygens (including phenoxy) is 1. The van der Waals surface area contributed by atoms with Gasteiger partial charge in [-0.3, -0.25) is 4.99 Å².